The Morgan fingerprint density at radius 1 is 1.03 bits per heavy atom. The number of nitrogens with zero attached hydrogens (tertiary/aromatic N) is 2. The quantitative estimate of drug-likeness (QED) is 0.346. The number of benzene rings is 3. The monoisotopic (exact) mass is 489 g/mol. The van der Waals surface area contributed by atoms with Crippen LogP contribution in [0.25, 0.3) is 33.1 Å². The Labute approximate surface area is 200 Å². The molecular weight excluding hydrogens is 469 g/mol. The second-order valence-electron chi connectivity index (χ2n) is 8.19. The highest BCUT2D eigenvalue weighted by molar-refractivity contribution is 7.92. The van der Waals surface area contributed by atoms with Crippen molar-refractivity contribution in [1.82, 2.24) is 9.97 Å². The number of rotatable bonds is 5. The molecule has 0 aliphatic heterocycles. The van der Waals surface area contributed by atoms with E-state index in [-0.39, 0.29) is 10.6 Å². The zero-order chi connectivity index (χ0) is 24.9. The number of carboxylic acid groups (broad SMARTS) is 1. The lowest BCUT2D eigenvalue weighted by Gasteiger charge is -2.19. The van der Waals surface area contributed by atoms with E-state index < -0.39 is 21.8 Å². The van der Waals surface area contributed by atoms with Crippen LogP contribution in [0.1, 0.15) is 16.1 Å². The van der Waals surface area contributed by atoms with Crippen LogP contribution in [-0.2, 0) is 10.0 Å². The molecule has 2 N–H and O–H groups in total. The number of nitrogens with one attached hydrogen (secondary N) is 1. The summed E-state index contributed by atoms with van der Waals surface area (Å²) >= 11 is 0. The first-order valence-corrected chi connectivity index (χ1v) is 12.1. The van der Waals surface area contributed by atoms with Gasteiger partial charge in [0.25, 0.3) is 10.0 Å². The number of aromatic nitrogens is 2. The van der Waals surface area contributed by atoms with E-state index in [1.807, 2.05) is 0 Å². The van der Waals surface area contributed by atoms with Gasteiger partial charge in [-0.1, -0.05) is 30.3 Å². The van der Waals surface area contributed by atoms with Crippen LogP contribution in [0.4, 0.5) is 10.1 Å². The minimum absolute atomic E-state index is 0.148. The predicted molar refractivity (Wildman–Crippen MR) is 133 cm³/mol. The summed E-state index contributed by atoms with van der Waals surface area (Å²) in [6.45, 7) is 1.76. The van der Waals surface area contributed by atoms with Gasteiger partial charge in [0, 0.05) is 28.9 Å². The molecule has 0 atom stereocenters. The third-order valence-electron chi connectivity index (χ3n) is 5.97. The van der Waals surface area contributed by atoms with Gasteiger partial charge >= 0.3 is 5.97 Å². The maximum absolute atomic E-state index is 14.0. The lowest BCUT2D eigenvalue weighted by atomic mass is 10.0. The van der Waals surface area contributed by atoms with Crippen LogP contribution in [0.2, 0.25) is 0 Å². The Hall–Kier alpha value is -4.24. The smallest absolute Gasteiger partial charge is 0.354 e. The predicted octanol–water partition coefficient (Wildman–Crippen LogP) is 5.35. The van der Waals surface area contributed by atoms with E-state index in [1.165, 1.54) is 41.7 Å². The van der Waals surface area contributed by atoms with E-state index in [9.17, 15) is 22.7 Å². The molecule has 0 saturated heterocycles. The number of fused-ring (bicyclic) bond motifs is 3. The largest absolute Gasteiger partial charge is 0.477 e. The van der Waals surface area contributed by atoms with Gasteiger partial charge in [0.1, 0.15) is 11.5 Å². The molecule has 3 aromatic carbocycles. The molecule has 0 saturated carbocycles. The summed E-state index contributed by atoms with van der Waals surface area (Å²) in [4.78, 5) is 19.5. The van der Waals surface area contributed by atoms with Gasteiger partial charge in [-0.3, -0.25) is 4.31 Å². The van der Waals surface area contributed by atoms with Crippen molar-refractivity contribution in [2.45, 2.75) is 11.8 Å². The number of pyridine rings is 1. The van der Waals surface area contributed by atoms with Crippen molar-refractivity contribution in [1.29, 1.82) is 0 Å². The minimum Gasteiger partial charge on any atom is -0.477 e. The molecule has 0 radical (unpaired) electrons. The van der Waals surface area contributed by atoms with E-state index >= 15 is 0 Å². The van der Waals surface area contributed by atoms with Crippen LogP contribution < -0.4 is 4.31 Å². The molecule has 2 heterocycles. The molecule has 176 valence electrons. The number of aryl methyl sites for hydroxylation is 1. The first kappa shape index (κ1) is 22.5. The molecule has 35 heavy (non-hydrogen) atoms. The summed E-state index contributed by atoms with van der Waals surface area (Å²) in [5, 5.41) is 11.0. The highest BCUT2D eigenvalue weighted by atomic mass is 32.2. The van der Waals surface area contributed by atoms with E-state index in [2.05, 4.69) is 9.97 Å². The number of aromatic amines is 1. The lowest BCUT2D eigenvalue weighted by molar-refractivity contribution is 0.0691. The molecule has 0 amide bonds. The molecular formula is C26H20FN3O4S. The highest BCUT2D eigenvalue weighted by Crippen LogP contribution is 2.35. The van der Waals surface area contributed by atoms with Gasteiger partial charge in [0.2, 0.25) is 0 Å². The number of carbonyl (C=O) groups is 1. The summed E-state index contributed by atoms with van der Waals surface area (Å²) < 4.78 is 41.1. The number of hydrogen-bond acceptors (Lipinski definition) is 4. The number of sulfonamides is 1. The third-order valence-corrected chi connectivity index (χ3v) is 7.77. The summed E-state index contributed by atoms with van der Waals surface area (Å²) in [5.74, 6) is -1.59. The fourth-order valence-electron chi connectivity index (χ4n) is 4.24. The Kier molecular flexibility index (Phi) is 5.29. The van der Waals surface area contributed by atoms with Crippen LogP contribution >= 0.6 is 0 Å². The standard InChI is InChI=1S/C26H20FN3O4S/c1-15-12-17(27)13-21-23(15)20-14-22(26(31)32)29-24(25(20)28-21)16-8-10-18(11-9-16)30(2)35(33,34)19-6-4-3-5-7-19/h3-14,28H,1-2H3,(H,31,32). The van der Waals surface area contributed by atoms with Crippen molar-refractivity contribution in [3.8, 4) is 11.3 Å². The third kappa shape index (κ3) is 3.79. The molecule has 0 aliphatic carbocycles. The SMILES string of the molecule is Cc1cc(F)cc2[nH]c3c(-c4ccc(N(C)S(=O)(=O)c5ccccc5)cc4)nc(C(=O)O)cc3c12. The van der Waals surface area contributed by atoms with Gasteiger partial charge in [0.15, 0.2) is 0 Å². The van der Waals surface area contributed by atoms with Crippen LogP contribution in [-0.4, -0.2) is 36.5 Å². The van der Waals surface area contributed by atoms with E-state index in [4.69, 9.17) is 0 Å². The molecule has 0 spiro atoms. The zero-order valence-electron chi connectivity index (χ0n) is 18.8. The number of carboxylic acids is 1. The fourth-order valence-corrected chi connectivity index (χ4v) is 5.46. The van der Waals surface area contributed by atoms with E-state index in [0.717, 1.165) is 5.39 Å². The minimum atomic E-state index is -3.75. The van der Waals surface area contributed by atoms with Crippen LogP contribution in [0, 0.1) is 12.7 Å². The van der Waals surface area contributed by atoms with Gasteiger partial charge in [-0.05, 0) is 55.0 Å². The molecule has 0 aliphatic rings. The molecule has 5 aromatic rings. The van der Waals surface area contributed by atoms with Crippen molar-refractivity contribution >= 4 is 43.5 Å². The van der Waals surface area contributed by atoms with Crippen molar-refractivity contribution in [3.63, 3.8) is 0 Å². The molecule has 0 fully saturated rings. The first-order chi connectivity index (χ1) is 16.7. The second-order valence-corrected chi connectivity index (χ2v) is 10.2. The summed E-state index contributed by atoms with van der Waals surface area (Å²) in [6, 6.07) is 19.0. The highest BCUT2D eigenvalue weighted by Gasteiger charge is 2.22. The van der Waals surface area contributed by atoms with Gasteiger partial charge < -0.3 is 10.1 Å². The molecule has 7 nitrogen and oxygen atoms in total. The number of anilines is 1. The van der Waals surface area contributed by atoms with Gasteiger partial charge in [-0.25, -0.2) is 22.6 Å². The molecule has 0 unspecified atom stereocenters. The average Bonchev–Trinajstić information content (AvgIpc) is 3.22. The average molecular weight is 490 g/mol. The molecule has 0 bridgehead atoms. The van der Waals surface area contributed by atoms with Crippen molar-refractivity contribution in [2.75, 3.05) is 11.4 Å². The number of hydrogen-bond donors (Lipinski definition) is 2. The van der Waals surface area contributed by atoms with Crippen molar-refractivity contribution < 1.29 is 22.7 Å². The molecule has 9 heteroatoms. The Morgan fingerprint density at radius 2 is 1.71 bits per heavy atom. The van der Waals surface area contributed by atoms with Crippen LogP contribution in [0.5, 0.6) is 0 Å². The number of halogens is 1. The van der Waals surface area contributed by atoms with Crippen molar-refractivity contribution in [3.05, 3.63) is 89.9 Å². The summed E-state index contributed by atoms with van der Waals surface area (Å²) in [7, 11) is -2.28. The maximum atomic E-state index is 14.0. The number of H-pyrrole nitrogens is 1. The fraction of sp³-hybridized carbons (Fsp3) is 0.0769. The molecule has 5 rings (SSSR count). The van der Waals surface area contributed by atoms with Crippen molar-refractivity contribution in [2.24, 2.45) is 0 Å². The first-order valence-electron chi connectivity index (χ1n) is 10.7. The normalized spacial score (nSPS) is 11.7. The topological polar surface area (TPSA) is 103 Å². The molecule has 2 aromatic heterocycles. The van der Waals surface area contributed by atoms with Crippen LogP contribution in [0.3, 0.4) is 0 Å². The number of aromatic carboxylic acids is 1. The van der Waals surface area contributed by atoms with Gasteiger partial charge in [-0.2, -0.15) is 0 Å². The van der Waals surface area contributed by atoms with E-state index in [1.54, 1.807) is 49.4 Å². The summed E-state index contributed by atoms with van der Waals surface area (Å²) in [5.41, 5.74) is 3.00. The maximum Gasteiger partial charge on any atom is 0.354 e. The second kappa shape index (κ2) is 8.21. The Bertz CT molecular complexity index is 1710. The lowest BCUT2D eigenvalue weighted by Crippen LogP contribution is -2.26. The Balaban J connectivity index is 1.64. The van der Waals surface area contributed by atoms with Gasteiger partial charge in [-0.15, -0.1) is 0 Å². The van der Waals surface area contributed by atoms with Crippen LogP contribution in [0.15, 0.2) is 77.7 Å². The summed E-state index contributed by atoms with van der Waals surface area (Å²) in [6.07, 6.45) is 0. The zero-order valence-corrected chi connectivity index (χ0v) is 19.6. The Morgan fingerprint density at radius 3 is 2.37 bits per heavy atom. The van der Waals surface area contributed by atoms with E-state index in [0.29, 0.717) is 38.9 Å². The van der Waals surface area contributed by atoms with Gasteiger partial charge in [0.05, 0.1) is 21.8 Å².